The summed E-state index contributed by atoms with van der Waals surface area (Å²) in [6, 6.07) is 0.254. The van der Waals surface area contributed by atoms with Crippen molar-refractivity contribution >= 4 is 102 Å². The molecule has 0 fully saturated rings. The van der Waals surface area contributed by atoms with E-state index in [1.54, 1.807) is 13.8 Å². The number of ether oxygens (including phenoxy) is 4. The molecule has 0 aliphatic carbocycles. The first kappa shape index (κ1) is 154. The monoisotopic (exact) mass is 1960 g/mol. The predicted molar refractivity (Wildman–Crippen MR) is 506 cm³/mol. The number of thioether (sulfide) groups is 1. The van der Waals surface area contributed by atoms with E-state index in [1.165, 1.54) is 90.1 Å². The molecule has 0 bridgehead atoms. The van der Waals surface area contributed by atoms with Gasteiger partial charge in [-0.1, -0.05) is 110 Å². The van der Waals surface area contributed by atoms with Gasteiger partial charge >= 0.3 is 63.7 Å². The van der Waals surface area contributed by atoms with Gasteiger partial charge in [0.1, 0.15) is 0 Å². The minimum absolute atomic E-state index is 0.144. The van der Waals surface area contributed by atoms with E-state index in [4.69, 9.17) is 94.7 Å². The number of carbonyl (C=O) groups is 1. The number of amides is 1. The molecule has 0 aliphatic heterocycles. The SMILES string of the molecule is CCCCN(C)CCOC(C)C.CCCN(C)CCOC(C)C.CCCN(C)CCOC(C)C.CCN(C)CCC(=O)NC(C)C.CCN(C)CCCC(C)C.CCN(C)CCOC(C)C.CCN(C)CCS(=O)(=O)C(C)C.CCN(C)CCS(=O)C(C)C.CCN(C)CCSC(C)C.O=S(=O)=O.O=S(=O)=O.O=S(=O)=O.O=S(=O)=O.O=S(=O)=O.O=S(=O)=O. The number of hydrogen-bond acceptors (Lipinski definition) is 36. The highest BCUT2D eigenvalue weighted by molar-refractivity contribution is 7.99. The summed E-state index contributed by atoms with van der Waals surface area (Å²) in [6.45, 7) is 78.8. The van der Waals surface area contributed by atoms with Gasteiger partial charge in [0.25, 0.3) is 0 Å². The van der Waals surface area contributed by atoms with Gasteiger partial charge in [-0.15, -0.1) is 75.8 Å². The Hall–Kier alpha value is -2.88. The fraction of sp³-hybridized carbons (Fsp3) is 0.987. The number of hydrogen-bond donors (Lipinski definition) is 1. The van der Waals surface area contributed by atoms with Crippen molar-refractivity contribution in [3.05, 3.63) is 0 Å². The number of nitrogens with one attached hydrogen (secondary N) is 1. The second-order valence-electron chi connectivity index (χ2n) is 30.0. The lowest BCUT2D eigenvalue weighted by molar-refractivity contribution is -0.121. The van der Waals surface area contributed by atoms with E-state index < -0.39 is 84.3 Å². The van der Waals surface area contributed by atoms with E-state index in [1.807, 2.05) is 65.4 Å². The maximum atomic E-state index is 11.3. The summed E-state index contributed by atoms with van der Waals surface area (Å²) in [5.41, 5.74) is 0. The summed E-state index contributed by atoms with van der Waals surface area (Å²) in [6.07, 6.45) is 9.78. The highest BCUT2D eigenvalue weighted by atomic mass is 32.2. The van der Waals surface area contributed by atoms with Crippen LogP contribution in [0.3, 0.4) is 0 Å². The highest BCUT2D eigenvalue weighted by Crippen LogP contribution is 2.08. The molecule has 1 amide bonds. The predicted octanol–water partition coefficient (Wildman–Crippen LogP) is 8.15. The summed E-state index contributed by atoms with van der Waals surface area (Å²) >= 11 is 2.03. The van der Waals surface area contributed by atoms with E-state index in [-0.39, 0.29) is 23.0 Å². The van der Waals surface area contributed by atoms with Crippen LogP contribution in [0.25, 0.3) is 0 Å². The molecule has 1 N–H and O–H groups in total. The number of sulfone groups is 1. The van der Waals surface area contributed by atoms with Crippen LogP contribution in [0, 0.1) is 5.92 Å². The number of carbonyl (C=O) groups excluding carboxylic acids is 1. The minimum Gasteiger partial charge on any atom is -0.377 e. The molecule has 1 atom stereocenters. The Kier molecular flexibility index (Phi) is 147. The molecule has 0 saturated carbocycles. The summed E-state index contributed by atoms with van der Waals surface area (Å²) in [5, 5.41) is 3.70. The summed E-state index contributed by atoms with van der Waals surface area (Å²) in [7, 11) is -3.29. The zero-order valence-electron chi connectivity index (χ0n) is 83.1. The van der Waals surface area contributed by atoms with Crippen LogP contribution in [0.5, 0.6) is 0 Å². The van der Waals surface area contributed by atoms with Gasteiger partial charge in [0.15, 0.2) is 9.84 Å². The Morgan fingerprint density at radius 1 is 0.333 bits per heavy atom. The molecule has 1 unspecified atom stereocenters. The van der Waals surface area contributed by atoms with Gasteiger partial charge in [-0.3, -0.25) is 9.00 Å². The average molecular weight is 1960 g/mol. The number of rotatable bonds is 49. The molecule has 123 heavy (non-hydrogen) atoms. The standard InChI is InChI=1S/C10H23NO.C9H20N2O.2C9H21NO.C9H21N.C8H19NO2S.C8H19NOS.C8H19NO.C8H19NS.6O3S/c1-5-6-7-11(4)8-9-12-10(2)3;1-5-11(4)7-6-9(12)10-8(2)3;2*1-5-6-10(4)7-8-11-9(2)3;1-5-10(4)8-6-7-9(2)3;1-5-9(4)6-7-12(10,11)8(2)3;1-5-9(4)6-7-11(10)8(2)3;2*1-5-9(4)6-7-10-8(2)3;6*1-4(2)3/h10H,5-9H2,1-4H3;8H,5-7H2,1-4H3,(H,10,12);2*9H,5-8H2,1-4H3;9H,5-8H2,1-4H3;8H,5-7H2,1-4H3;8H,5-7H2,1-4H3;2*8H,5-7H2,1-4H3;;;;;;. The molecule has 754 valence electrons. The van der Waals surface area contributed by atoms with Crippen molar-refractivity contribution in [2.75, 3.05) is 225 Å². The maximum Gasteiger partial charge on any atom is 0.425 e. The lowest BCUT2D eigenvalue weighted by atomic mass is 10.1. The first-order chi connectivity index (χ1) is 56.4. The van der Waals surface area contributed by atoms with E-state index in [9.17, 15) is 17.4 Å². The van der Waals surface area contributed by atoms with Crippen LogP contribution in [-0.2, 0) is 108 Å². The Morgan fingerprint density at radius 3 is 0.846 bits per heavy atom. The molecular formula is C78H182N10O26S9. The average Bonchev–Trinajstić information content (AvgIpc) is 0.901. The largest absolute Gasteiger partial charge is 0.425 e. The molecule has 0 radical (unpaired) electrons. The lowest BCUT2D eigenvalue weighted by Gasteiger charge is -2.16. The fourth-order valence-corrected chi connectivity index (χ4v) is 10.0. The molecule has 0 rings (SSSR count). The Bertz CT molecular complexity index is 2760. The summed E-state index contributed by atoms with van der Waals surface area (Å²) in [4.78, 5) is 31.3. The molecule has 0 aromatic carbocycles. The summed E-state index contributed by atoms with van der Waals surface area (Å²) in [5.74, 6) is 3.36. The van der Waals surface area contributed by atoms with Crippen LogP contribution in [0.2, 0.25) is 0 Å². The normalized spacial score (nSPS) is 10.7. The highest BCUT2D eigenvalue weighted by Gasteiger charge is 2.16. The molecule has 0 aromatic heterocycles. The summed E-state index contributed by atoms with van der Waals surface area (Å²) < 4.78 is 208. The second kappa shape index (κ2) is 117. The van der Waals surface area contributed by atoms with E-state index in [2.05, 4.69) is 232 Å². The Balaban J connectivity index is -0.0000000794. The first-order valence-corrected chi connectivity index (χ1v) is 52.3. The van der Waals surface area contributed by atoms with Crippen molar-refractivity contribution in [2.45, 2.75) is 278 Å². The third kappa shape index (κ3) is 226. The molecular weight excluding hydrogens is 1780 g/mol. The van der Waals surface area contributed by atoms with Gasteiger partial charge in [0.05, 0.1) is 61.8 Å². The smallest absolute Gasteiger partial charge is 0.377 e. The van der Waals surface area contributed by atoms with Crippen LogP contribution in [0.1, 0.15) is 232 Å². The Labute approximate surface area is 767 Å². The molecule has 36 nitrogen and oxygen atoms in total. The van der Waals surface area contributed by atoms with Crippen molar-refractivity contribution in [1.82, 2.24) is 49.4 Å². The van der Waals surface area contributed by atoms with Gasteiger partial charge in [-0.2, -0.15) is 11.8 Å². The van der Waals surface area contributed by atoms with E-state index in [0.29, 0.717) is 42.6 Å². The van der Waals surface area contributed by atoms with Gasteiger partial charge < -0.3 is 68.4 Å². The van der Waals surface area contributed by atoms with Crippen LogP contribution >= 0.6 is 11.8 Å². The van der Waals surface area contributed by atoms with Crippen LogP contribution < -0.4 is 5.32 Å². The van der Waals surface area contributed by atoms with Gasteiger partial charge in [0.2, 0.25) is 5.91 Å². The van der Waals surface area contributed by atoms with Crippen molar-refractivity contribution in [3.63, 3.8) is 0 Å². The molecule has 45 heteroatoms. The molecule has 0 spiro atoms. The number of nitrogens with zero attached hydrogens (tertiary/aromatic N) is 9. The van der Waals surface area contributed by atoms with E-state index >= 15 is 0 Å². The van der Waals surface area contributed by atoms with Crippen LogP contribution in [0.4, 0.5) is 0 Å². The van der Waals surface area contributed by atoms with Crippen molar-refractivity contribution in [1.29, 1.82) is 0 Å². The molecule has 0 heterocycles. The quantitative estimate of drug-likeness (QED) is 0.0600. The van der Waals surface area contributed by atoms with Crippen molar-refractivity contribution in [2.24, 2.45) is 5.92 Å². The zero-order chi connectivity index (χ0) is 100. The van der Waals surface area contributed by atoms with Gasteiger partial charge in [0, 0.05) is 92.4 Å². The van der Waals surface area contributed by atoms with Crippen LogP contribution in [0.15, 0.2) is 0 Å². The lowest BCUT2D eigenvalue weighted by Crippen LogP contribution is -2.33. The zero-order valence-corrected chi connectivity index (χ0v) is 90.5. The van der Waals surface area contributed by atoms with Gasteiger partial charge in [-0.05, 0) is 255 Å². The second-order valence-corrected chi connectivity index (χ2v) is 38.9. The number of likely N-dealkylation sites (N-methyl/N-ethyl adjacent to an activating group) is 4. The Morgan fingerprint density at radius 2 is 0.593 bits per heavy atom. The third-order valence-corrected chi connectivity index (χ3v) is 20.0. The molecule has 0 aromatic rings. The molecule has 0 saturated heterocycles. The van der Waals surface area contributed by atoms with E-state index in [0.717, 1.165) is 109 Å². The fourth-order valence-electron chi connectivity index (χ4n) is 7.15. The van der Waals surface area contributed by atoms with Crippen molar-refractivity contribution in [3.8, 4) is 0 Å². The molecule has 0 aliphatic rings. The maximum absolute atomic E-state index is 11.3. The minimum atomic E-state index is -3.11. The topological polar surface area (TPSA) is 454 Å². The first-order valence-electron chi connectivity index (χ1n) is 42.1. The van der Waals surface area contributed by atoms with Gasteiger partial charge in [-0.25, -0.2) is 8.42 Å². The number of unbranched alkanes of at least 4 members (excludes halogenated alkanes) is 1. The van der Waals surface area contributed by atoms with Crippen molar-refractivity contribution < 1.29 is 112 Å². The third-order valence-electron chi connectivity index (χ3n) is 15.1. The van der Waals surface area contributed by atoms with Crippen LogP contribution in [-0.4, -0.2) is 410 Å².